The summed E-state index contributed by atoms with van der Waals surface area (Å²) in [7, 11) is 0. The average molecular weight is 322 g/mol. The summed E-state index contributed by atoms with van der Waals surface area (Å²) < 4.78 is 13.2. The maximum atomic E-state index is 13.2. The van der Waals surface area contributed by atoms with Crippen LogP contribution in [0.15, 0.2) is 36.5 Å². The molecule has 4 rings (SSSR count). The van der Waals surface area contributed by atoms with Crippen molar-refractivity contribution >= 4 is 6.03 Å². The molecule has 2 heterocycles. The third-order valence-electron chi connectivity index (χ3n) is 4.39. The SMILES string of the molecule is O=C1NC2CC(c3nccc(C#Cc4cccc(F)c4)n3)CC2N1. The second-order valence-electron chi connectivity index (χ2n) is 6.06. The van der Waals surface area contributed by atoms with Crippen molar-refractivity contribution in [2.45, 2.75) is 30.8 Å². The monoisotopic (exact) mass is 322 g/mol. The minimum absolute atomic E-state index is 0.0981. The molecule has 6 heteroatoms. The predicted octanol–water partition coefficient (Wildman–Crippen LogP) is 1.94. The van der Waals surface area contributed by atoms with Gasteiger partial charge in [0.25, 0.3) is 0 Å². The highest BCUT2D eigenvalue weighted by Crippen LogP contribution is 2.34. The quantitative estimate of drug-likeness (QED) is 0.789. The Hall–Kier alpha value is -2.94. The Bertz CT molecular complexity index is 841. The van der Waals surface area contributed by atoms with Crippen molar-refractivity contribution in [1.82, 2.24) is 20.6 Å². The lowest BCUT2D eigenvalue weighted by Crippen LogP contribution is -2.26. The van der Waals surface area contributed by atoms with Crippen LogP contribution in [0, 0.1) is 17.7 Å². The number of carbonyl (C=O) groups is 1. The van der Waals surface area contributed by atoms with Crippen molar-refractivity contribution in [2.24, 2.45) is 0 Å². The van der Waals surface area contributed by atoms with E-state index in [0.29, 0.717) is 11.3 Å². The lowest BCUT2D eigenvalue weighted by atomic mass is 10.1. The zero-order valence-electron chi connectivity index (χ0n) is 12.8. The molecule has 1 saturated carbocycles. The summed E-state index contributed by atoms with van der Waals surface area (Å²) in [6.45, 7) is 0. The predicted molar refractivity (Wildman–Crippen MR) is 85.6 cm³/mol. The van der Waals surface area contributed by atoms with Gasteiger partial charge in [0.15, 0.2) is 0 Å². The van der Waals surface area contributed by atoms with Crippen molar-refractivity contribution in [2.75, 3.05) is 0 Å². The summed E-state index contributed by atoms with van der Waals surface area (Å²) in [4.78, 5) is 20.2. The first-order chi connectivity index (χ1) is 11.7. The molecule has 0 spiro atoms. The van der Waals surface area contributed by atoms with Crippen LogP contribution in [0.25, 0.3) is 0 Å². The lowest BCUT2D eigenvalue weighted by molar-refractivity contribution is 0.246. The molecule has 0 bridgehead atoms. The maximum absolute atomic E-state index is 13.2. The Balaban J connectivity index is 1.52. The number of halogens is 1. The fourth-order valence-electron chi connectivity index (χ4n) is 3.29. The van der Waals surface area contributed by atoms with E-state index in [1.54, 1.807) is 24.4 Å². The molecular weight excluding hydrogens is 307 g/mol. The summed E-state index contributed by atoms with van der Waals surface area (Å²) in [5.74, 6) is 6.50. The minimum atomic E-state index is -0.308. The summed E-state index contributed by atoms with van der Waals surface area (Å²) in [5.41, 5.74) is 1.22. The van der Waals surface area contributed by atoms with Gasteiger partial charge in [-0.1, -0.05) is 12.0 Å². The highest BCUT2D eigenvalue weighted by atomic mass is 19.1. The molecule has 2 fully saturated rings. The van der Waals surface area contributed by atoms with E-state index < -0.39 is 0 Å². The van der Waals surface area contributed by atoms with Gasteiger partial charge in [-0.15, -0.1) is 0 Å². The zero-order chi connectivity index (χ0) is 16.5. The van der Waals surface area contributed by atoms with Crippen LogP contribution in [0.2, 0.25) is 0 Å². The zero-order valence-corrected chi connectivity index (χ0v) is 12.8. The molecule has 1 saturated heterocycles. The number of hydrogen-bond donors (Lipinski definition) is 2. The fraction of sp³-hybridized carbons (Fsp3) is 0.278. The Morgan fingerprint density at radius 3 is 2.67 bits per heavy atom. The first kappa shape index (κ1) is 14.6. The summed E-state index contributed by atoms with van der Waals surface area (Å²) in [6.07, 6.45) is 3.34. The van der Waals surface area contributed by atoms with Crippen LogP contribution in [0.4, 0.5) is 9.18 Å². The van der Waals surface area contributed by atoms with Gasteiger partial charge in [-0.25, -0.2) is 19.2 Å². The van der Waals surface area contributed by atoms with Gasteiger partial charge in [0, 0.05) is 17.7 Å². The Morgan fingerprint density at radius 2 is 1.92 bits per heavy atom. The summed E-state index contributed by atoms with van der Waals surface area (Å²) >= 11 is 0. The van der Waals surface area contributed by atoms with Gasteiger partial charge < -0.3 is 10.6 Å². The standard InChI is InChI=1S/C18H15FN4O/c19-13-3-1-2-11(8-13)4-5-14-6-7-20-17(21-14)12-9-15-16(10-12)23-18(24)22-15/h1-3,6-8,12,15-16H,9-10H2,(H2,22,23,24). The normalized spacial score (nSPS) is 24.5. The summed E-state index contributed by atoms with van der Waals surface area (Å²) in [6, 6.07) is 8.10. The third kappa shape index (κ3) is 2.93. The smallest absolute Gasteiger partial charge is 0.315 e. The van der Waals surface area contributed by atoms with Crippen LogP contribution in [-0.2, 0) is 0 Å². The number of hydrogen-bond acceptors (Lipinski definition) is 3. The molecule has 2 N–H and O–H groups in total. The number of rotatable bonds is 1. The average Bonchev–Trinajstić information content (AvgIpc) is 3.11. The molecule has 2 amide bonds. The molecule has 2 atom stereocenters. The van der Waals surface area contributed by atoms with E-state index in [9.17, 15) is 9.18 Å². The maximum Gasteiger partial charge on any atom is 0.315 e. The van der Waals surface area contributed by atoms with E-state index >= 15 is 0 Å². The van der Waals surface area contributed by atoms with Gasteiger partial charge in [-0.2, -0.15) is 0 Å². The summed E-state index contributed by atoms with van der Waals surface area (Å²) in [5, 5.41) is 5.83. The van der Waals surface area contributed by atoms with Gasteiger partial charge in [-0.3, -0.25) is 0 Å². The van der Waals surface area contributed by atoms with Crippen LogP contribution in [-0.4, -0.2) is 28.1 Å². The molecular formula is C18H15FN4O. The fourth-order valence-corrected chi connectivity index (χ4v) is 3.29. The Morgan fingerprint density at radius 1 is 1.12 bits per heavy atom. The van der Waals surface area contributed by atoms with Gasteiger partial charge in [0.05, 0.1) is 12.1 Å². The number of fused-ring (bicyclic) bond motifs is 1. The number of carbonyl (C=O) groups excluding carboxylic acids is 1. The number of amides is 2. The number of nitrogens with zero attached hydrogens (tertiary/aromatic N) is 2. The molecule has 120 valence electrons. The molecule has 2 unspecified atom stereocenters. The largest absolute Gasteiger partial charge is 0.333 e. The molecule has 1 aromatic carbocycles. The molecule has 1 aliphatic carbocycles. The molecule has 1 aromatic heterocycles. The molecule has 2 aliphatic rings. The van der Waals surface area contributed by atoms with Crippen LogP contribution in [0.3, 0.4) is 0 Å². The van der Waals surface area contributed by atoms with E-state index in [2.05, 4.69) is 32.4 Å². The van der Waals surface area contributed by atoms with Crippen molar-refractivity contribution in [3.8, 4) is 11.8 Å². The van der Waals surface area contributed by atoms with Gasteiger partial charge in [0.2, 0.25) is 0 Å². The van der Waals surface area contributed by atoms with E-state index in [1.807, 2.05) is 0 Å². The second kappa shape index (κ2) is 5.93. The van der Waals surface area contributed by atoms with Gasteiger partial charge in [-0.05, 0) is 43.0 Å². The first-order valence-electron chi connectivity index (χ1n) is 7.85. The van der Waals surface area contributed by atoms with E-state index in [4.69, 9.17) is 0 Å². The molecule has 24 heavy (non-hydrogen) atoms. The first-order valence-corrected chi connectivity index (χ1v) is 7.85. The van der Waals surface area contributed by atoms with Gasteiger partial charge in [0.1, 0.15) is 17.3 Å². The third-order valence-corrected chi connectivity index (χ3v) is 4.39. The van der Waals surface area contributed by atoms with E-state index in [1.165, 1.54) is 12.1 Å². The van der Waals surface area contributed by atoms with Crippen molar-refractivity contribution < 1.29 is 9.18 Å². The molecule has 2 aromatic rings. The van der Waals surface area contributed by atoms with Crippen molar-refractivity contribution in [3.05, 3.63) is 59.4 Å². The topological polar surface area (TPSA) is 66.9 Å². The Kier molecular flexibility index (Phi) is 3.62. The van der Waals surface area contributed by atoms with Crippen LogP contribution < -0.4 is 10.6 Å². The molecule has 1 aliphatic heterocycles. The van der Waals surface area contributed by atoms with Crippen LogP contribution >= 0.6 is 0 Å². The number of benzene rings is 1. The number of nitrogens with one attached hydrogen (secondary N) is 2. The highest BCUT2D eigenvalue weighted by molar-refractivity contribution is 5.77. The second-order valence-corrected chi connectivity index (χ2v) is 6.06. The van der Waals surface area contributed by atoms with Crippen molar-refractivity contribution in [1.29, 1.82) is 0 Å². The van der Waals surface area contributed by atoms with E-state index in [-0.39, 0.29) is 29.8 Å². The van der Waals surface area contributed by atoms with Crippen LogP contribution in [0.1, 0.15) is 35.8 Å². The Labute approximate surface area is 138 Å². The number of aromatic nitrogens is 2. The van der Waals surface area contributed by atoms with Crippen molar-refractivity contribution in [3.63, 3.8) is 0 Å². The molecule has 0 radical (unpaired) electrons. The minimum Gasteiger partial charge on any atom is -0.333 e. The molecule has 5 nitrogen and oxygen atoms in total. The highest BCUT2D eigenvalue weighted by Gasteiger charge is 2.42. The van der Waals surface area contributed by atoms with Gasteiger partial charge >= 0.3 is 6.03 Å². The van der Waals surface area contributed by atoms with Crippen LogP contribution in [0.5, 0.6) is 0 Å². The van der Waals surface area contributed by atoms with E-state index in [0.717, 1.165) is 18.7 Å². The lowest BCUT2D eigenvalue weighted by Gasteiger charge is -2.09. The number of urea groups is 1.